The van der Waals surface area contributed by atoms with Crippen LogP contribution < -0.4 is 4.74 Å². The van der Waals surface area contributed by atoms with Crippen LogP contribution >= 0.6 is 24.8 Å². The van der Waals surface area contributed by atoms with Crippen molar-refractivity contribution in [2.45, 2.75) is 63.8 Å². The van der Waals surface area contributed by atoms with E-state index in [0.29, 0.717) is 6.04 Å². The molecule has 2 aromatic carbocycles. The highest BCUT2D eigenvalue weighted by molar-refractivity contribution is 5.85. The van der Waals surface area contributed by atoms with Gasteiger partial charge in [-0.25, -0.2) is 4.98 Å². The molecule has 4 nitrogen and oxygen atoms in total. The molecule has 1 saturated heterocycles. The molecule has 3 aromatic rings. The van der Waals surface area contributed by atoms with Crippen LogP contribution in [0.5, 0.6) is 5.75 Å². The normalized spacial score (nSPS) is 17.8. The molecule has 0 bridgehead atoms. The van der Waals surface area contributed by atoms with Crippen molar-refractivity contribution < 1.29 is 4.74 Å². The van der Waals surface area contributed by atoms with E-state index in [2.05, 4.69) is 58.0 Å². The van der Waals surface area contributed by atoms with Crippen LogP contribution in [0, 0.1) is 5.92 Å². The number of hydrogen-bond donors (Lipinski definition) is 0. The Hall–Kier alpha value is -1.75. The van der Waals surface area contributed by atoms with Crippen LogP contribution in [0.2, 0.25) is 0 Å². The van der Waals surface area contributed by atoms with Gasteiger partial charge in [0.25, 0.3) is 0 Å². The van der Waals surface area contributed by atoms with Crippen molar-refractivity contribution in [1.82, 2.24) is 14.5 Å². The van der Waals surface area contributed by atoms with Crippen molar-refractivity contribution in [2.24, 2.45) is 5.92 Å². The third-order valence-electron chi connectivity index (χ3n) is 7.66. The summed E-state index contributed by atoms with van der Waals surface area (Å²) in [7, 11) is 1.73. The summed E-state index contributed by atoms with van der Waals surface area (Å²) < 4.78 is 7.90. The first-order chi connectivity index (χ1) is 15.8. The smallest absolute Gasteiger partial charge is 0.118 e. The van der Waals surface area contributed by atoms with Crippen molar-refractivity contribution in [3.63, 3.8) is 0 Å². The lowest BCUT2D eigenvalue weighted by molar-refractivity contribution is 0.183. The minimum Gasteiger partial charge on any atom is -0.497 e. The van der Waals surface area contributed by atoms with E-state index in [-0.39, 0.29) is 24.8 Å². The summed E-state index contributed by atoms with van der Waals surface area (Å²) in [6, 6.07) is 18.0. The third kappa shape index (κ3) is 6.27. The second kappa shape index (κ2) is 12.8. The predicted octanol–water partition coefficient (Wildman–Crippen LogP) is 6.89. The molecular weight excluding hydrogens is 465 g/mol. The standard InChI is InChI=1S/C28H37N3O.2ClH/c1-32-25-13-11-22(12-14-25)15-18-30-19-16-23(17-20-30)21-28-29-26-9-5-6-10-27(26)31(28)24-7-3-2-4-8-24;;/h5-6,9-14,23-24H,2-4,7-8,15-21H2,1H3;2*1H. The number of hydrogen-bond acceptors (Lipinski definition) is 3. The van der Waals surface area contributed by atoms with Gasteiger partial charge >= 0.3 is 0 Å². The first-order valence-electron chi connectivity index (χ1n) is 12.6. The molecule has 1 saturated carbocycles. The molecule has 0 unspecified atom stereocenters. The quantitative estimate of drug-likeness (QED) is 0.351. The number of imidazole rings is 1. The van der Waals surface area contributed by atoms with Gasteiger partial charge in [0.15, 0.2) is 0 Å². The Kier molecular flexibility index (Phi) is 10.1. The highest BCUT2D eigenvalue weighted by atomic mass is 35.5. The molecule has 0 radical (unpaired) electrons. The molecule has 6 heteroatoms. The van der Waals surface area contributed by atoms with Gasteiger partial charge in [-0.3, -0.25) is 0 Å². The summed E-state index contributed by atoms with van der Waals surface area (Å²) in [5.41, 5.74) is 3.94. The van der Waals surface area contributed by atoms with Crippen LogP contribution in [0.25, 0.3) is 11.0 Å². The van der Waals surface area contributed by atoms with Gasteiger partial charge in [0, 0.05) is 19.0 Å². The number of piperidine rings is 1. The maximum atomic E-state index is 5.27. The summed E-state index contributed by atoms with van der Waals surface area (Å²) in [5.74, 6) is 3.04. The van der Waals surface area contributed by atoms with Gasteiger partial charge in [0.05, 0.1) is 18.1 Å². The van der Waals surface area contributed by atoms with Gasteiger partial charge in [-0.1, -0.05) is 43.5 Å². The first-order valence-corrected chi connectivity index (χ1v) is 12.6. The fourth-order valence-electron chi connectivity index (χ4n) is 5.74. The van der Waals surface area contributed by atoms with E-state index < -0.39 is 0 Å². The zero-order chi connectivity index (χ0) is 21.8. The largest absolute Gasteiger partial charge is 0.497 e. The maximum Gasteiger partial charge on any atom is 0.118 e. The lowest BCUT2D eigenvalue weighted by Gasteiger charge is -2.32. The van der Waals surface area contributed by atoms with Crippen LogP contribution in [0.3, 0.4) is 0 Å². The Morgan fingerprint density at radius 3 is 2.29 bits per heavy atom. The van der Waals surface area contributed by atoms with E-state index in [0.717, 1.165) is 31.1 Å². The van der Waals surface area contributed by atoms with Crippen LogP contribution in [-0.4, -0.2) is 41.2 Å². The van der Waals surface area contributed by atoms with Gasteiger partial charge in [0.2, 0.25) is 0 Å². The molecule has 186 valence electrons. The third-order valence-corrected chi connectivity index (χ3v) is 7.66. The van der Waals surface area contributed by atoms with Gasteiger partial charge in [-0.05, 0) is 80.9 Å². The second-order valence-electron chi connectivity index (χ2n) is 9.77. The highest BCUT2D eigenvalue weighted by Crippen LogP contribution is 2.34. The zero-order valence-corrected chi connectivity index (χ0v) is 22.0. The average Bonchev–Trinajstić information content (AvgIpc) is 3.22. The molecule has 0 amide bonds. The topological polar surface area (TPSA) is 30.3 Å². The van der Waals surface area contributed by atoms with Gasteiger partial charge < -0.3 is 14.2 Å². The van der Waals surface area contributed by atoms with E-state index in [1.165, 1.54) is 80.5 Å². The van der Waals surface area contributed by atoms with E-state index in [1.807, 2.05) is 0 Å². The number of ether oxygens (including phenoxy) is 1. The summed E-state index contributed by atoms with van der Waals surface area (Å²) in [4.78, 5) is 7.77. The number of halogens is 2. The van der Waals surface area contributed by atoms with Gasteiger partial charge in [-0.2, -0.15) is 0 Å². The number of para-hydroxylation sites is 2. The molecule has 5 rings (SSSR count). The second-order valence-corrected chi connectivity index (χ2v) is 9.77. The van der Waals surface area contributed by atoms with Crippen LogP contribution in [-0.2, 0) is 12.8 Å². The lowest BCUT2D eigenvalue weighted by Crippen LogP contribution is -2.36. The Balaban J connectivity index is 0.00000162. The van der Waals surface area contributed by atoms with Crippen molar-refractivity contribution in [1.29, 1.82) is 0 Å². The van der Waals surface area contributed by atoms with Gasteiger partial charge in [0.1, 0.15) is 11.6 Å². The average molecular weight is 505 g/mol. The van der Waals surface area contributed by atoms with Crippen molar-refractivity contribution in [3.8, 4) is 5.75 Å². The fraction of sp³-hybridized carbons (Fsp3) is 0.536. The number of aromatic nitrogens is 2. The predicted molar refractivity (Wildman–Crippen MR) is 146 cm³/mol. The Morgan fingerprint density at radius 2 is 1.59 bits per heavy atom. The highest BCUT2D eigenvalue weighted by Gasteiger charge is 2.25. The molecule has 2 aliphatic rings. The van der Waals surface area contributed by atoms with Crippen LogP contribution in [0.4, 0.5) is 0 Å². The van der Waals surface area contributed by atoms with E-state index in [1.54, 1.807) is 7.11 Å². The number of fused-ring (bicyclic) bond motifs is 1. The number of benzene rings is 2. The Morgan fingerprint density at radius 1 is 0.882 bits per heavy atom. The summed E-state index contributed by atoms with van der Waals surface area (Å²) in [6.45, 7) is 3.58. The maximum absolute atomic E-state index is 5.27. The molecular formula is C28H39Cl2N3O. The summed E-state index contributed by atoms with van der Waals surface area (Å²) in [6.07, 6.45) is 11.6. The number of nitrogens with zero attached hydrogens (tertiary/aromatic N) is 3. The van der Waals surface area contributed by atoms with E-state index in [4.69, 9.17) is 9.72 Å². The number of likely N-dealkylation sites (tertiary alicyclic amines) is 1. The SMILES string of the molecule is COc1ccc(CCN2CCC(Cc3nc4ccccc4n3C3CCCCC3)CC2)cc1.Cl.Cl. The summed E-state index contributed by atoms with van der Waals surface area (Å²) in [5, 5.41) is 0. The molecule has 0 spiro atoms. The molecule has 1 aliphatic carbocycles. The first kappa shape index (κ1) is 26.8. The lowest BCUT2D eigenvalue weighted by atomic mass is 9.91. The molecule has 2 fully saturated rings. The monoisotopic (exact) mass is 503 g/mol. The number of methoxy groups -OCH3 is 1. The van der Waals surface area contributed by atoms with Crippen molar-refractivity contribution in [2.75, 3.05) is 26.7 Å². The minimum absolute atomic E-state index is 0. The summed E-state index contributed by atoms with van der Waals surface area (Å²) >= 11 is 0. The van der Waals surface area contributed by atoms with Crippen LogP contribution in [0.1, 0.15) is 62.4 Å². The number of rotatable bonds is 7. The zero-order valence-electron chi connectivity index (χ0n) is 20.3. The van der Waals surface area contributed by atoms with E-state index in [9.17, 15) is 0 Å². The molecule has 0 N–H and O–H groups in total. The van der Waals surface area contributed by atoms with E-state index >= 15 is 0 Å². The Bertz CT molecular complexity index is 1010. The fourth-order valence-corrected chi connectivity index (χ4v) is 5.74. The van der Waals surface area contributed by atoms with Gasteiger partial charge in [-0.15, -0.1) is 24.8 Å². The van der Waals surface area contributed by atoms with Crippen LogP contribution in [0.15, 0.2) is 48.5 Å². The molecule has 1 aliphatic heterocycles. The molecule has 2 heterocycles. The molecule has 0 atom stereocenters. The molecule has 34 heavy (non-hydrogen) atoms. The Labute approximate surface area is 216 Å². The minimum atomic E-state index is 0. The van der Waals surface area contributed by atoms with Crippen molar-refractivity contribution in [3.05, 3.63) is 59.9 Å². The molecule has 1 aromatic heterocycles. The van der Waals surface area contributed by atoms with Crippen molar-refractivity contribution >= 4 is 35.8 Å².